The molecule has 6 nitrogen and oxygen atoms in total. The van der Waals surface area contributed by atoms with Crippen molar-refractivity contribution in [2.24, 2.45) is 0 Å². The van der Waals surface area contributed by atoms with Crippen molar-refractivity contribution in [1.29, 1.82) is 0 Å². The molecule has 0 aromatic carbocycles. The first-order valence-electron chi connectivity index (χ1n) is 8.85. The Morgan fingerprint density at radius 1 is 1.29 bits per heavy atom. The molecule has 1 N–H and O–H groups in total. The highest BCUT2D eigenvalue weighted by molar-refractivity contribution is 5.98. The van der Waals surface area contributed by atoms with Crippen LogP contribution in [0, 0.1) is 0 Å². The number of pyridine rings is 1. The van der Waals surface area contributed by atoms with Crippen LogP contribution in [0.15, 0.2) is 18.3 Å². The van der Waals surface area contributed by atoms with Gasteiger partial charge in [-0.1, -0.05) is 0 Å². The molecular weight excluding hydrogens is 304 g/mol. The summed E-state index contributed by atoms with van der Waals surface area (Å²) in [6.07, 6.45) is 5.89. The number of aromatic nitrogens is 1. The molecular formula is C18H28N4O2. The average Bonchev–Trinajstić information content (AvgIpc) is 3.06. The molecule has 0 saturated carbocycles. The van der Waals surface area contributed by atoms with Gasteiger partial charge in [-0.3, -0.25) is 4.79 Å². The molecule has 1 aromatic heterocycles. The van der Waals surface area contributed by atoms with Crippen LogP contribution in [-0.4, -0.2) is 78.2 Å². The summed E-state index contributed by atoms with van der Waals surface area (Å²) in [6.45, 7) is 4.24. The Morgan fingerprint density at radius 3 is 2.75 bits per heavy atom. The SMILES string of the molecule is CN(C)C(=O)c1cccnc1N1CCC[C@](O)(CN2CCCC2)C1. The van der Waals surface area contributed by atoms with E-state index in [-0.39, 0.29) is 5.91 Å². The molecule has 0 spiro atoms. The fraction of sp³-hybridized carbons (Fsp3) is 0.667. The van der Waals surface area contributed by atoms with Gasteiger partial charge in [0, 0.05) is 39.9 Å². The van der Waals surface area contributed by atoms with Gasteiger partial charge in [0.15, 0.2) is 0 Å². The molecule has 3 heterocycles. The third-order valence-corrected chi connectivity index (χ3v) is 4.99. The first-order chi connectivity index (χ1) is 11.5. The van der Waals surface area contributed by atoms with E-state index in [1.165, 1.54) is 12.8 Å². The number of hydrogen-bond acceptors (Lipinski definition) is 5. The van der Waals surface area contributed by atoms with Crippen molar-refractivity contribution in [2.45, 2.75) is 31.3 Å². The Bertz CT molecular complexity index is 586. The summed E-state index contributed by atoms with van der Waals surface area (Å²) in [5, 5.41) is 11.1. The van der Waals surface area contributed by atoms with E-state index in [9.17, 15) is 9.90 Å². The largest absolute Gasteiger partial charge is 0.387 e. The molecule has 2 saturated heterocycles. The van der Waals surface area contributed by atoms with Crippen molar-refractivity contribution in [3.8, 4) is 0 Å². The van der Waals surface area contributed by atoms with E-state index in [0.717, 1.165) is 32.5 Å². The lowest BCUT2D eigenvalue weighted by molar-refractivity contribution is -0.00243. The Balaban J connectivity index is 1.78. The number of likely N-dealkylation sites (tertiary alicyclic amines) is 1. The maximum atomic E-state index is 12.4. The number of nitrogens with zero attached hydrogens (tertiary/aromatic N) is 4. The van der Waals surface area contributed by atoms with E-state index in [0.29, 0.717) is 24.5 Å². The first-order valence-corrected chi connectivity index (χ1v) is 8.85. The fourth-order valence-electron chi connectivity index (χ4n) is 3.84. The molecule has 1 amide bonds. The molecule has 2 aliphatic heterocycles. The van der Waals surface area contributed by atoms with Crippen molar-refractivity contribution in [3.05, 3.63) is 23.9 Å². The lowest BCUT2D eigenvalue weighted by atomic mass is 9.92. The van der Waals surface area contributed by atoms with Gasteiger partial charge < -0.3 is 19.8 Å². The minimum absolute atomic E-state index is 0.0493. The smallest absolute Gasteiger partial charge is 0.257 e. The number of rotatable bonds is 4. The summed E-state index contributed by atoms with van der Waals surface area (Å²) in [5.41, 5.74) is -0.119. The van der Waals surface area contributed by atoms with Crippen LogP contribution >= 0.6 is 0 Å². The zero-order chi connectivity index (χ0) is 17.2. The van der Waals surface area contributed by atoms with Gasteiger partial charge in [0.05, 0.1) is 11.2 Å². The van der Waals surface area contributed by atoms with Gasteiger partial charge in [-0.05, 0) is 50.9 Å². The number of anilines is 1. The van der Waals surface area contributed by atoms with Crippen molar-refractivity contribution in [2.75, 3.05) is 51.7 Å². The van der Waals surface area contributed by atoms with Crippen molar-refractivity contribution < 1.29 is 9.90 Å². The van der Waals surface area contributed by atoms with Crippen LogP contribution in [0.5, 0.6) is 0 Å². The van der Waals surface area contributed by atoms with E-state index in [1.807, 2.05) is 6.07 Å². The second-order valence-electron chi connectivity index (χ2n) is 7.31. The van der Waals surface area contributed by atoms with Crippen molar-refractivity contribution in [1.82, 2.24) is 14.8 Å². The van der Waals surface area contributed by atoms with E-state index < -0.39 is 5.60 Å². The molecule has 1 aromatic rings. The van der Waals surface area contributed by atoms with Gasteiger partial charge in [0.2, 0.25) is 0 Å². The standard InChI is InChI=1S/C18H28N4O2/c1-20(2)17(23)15-7-5-9-19-16(15)22-12-6-8-18(24,14-22)13-21-10-3-4-11-21/h5,7,9,24H,3-4,6,8,10-14H2,1-2H3/t18-/m0/s1. The number of piperidine rings is 1. The highest BCUT2D eigenvalue weighted by Crippen LogP contribution is 2.29. The van der Waals surface area contributed by atoms with Crippen LogP contribution in [0.2, 0.25) is 0 Å². The topological polar surface area (TPSA) is 59.9 Å². The molecule has 0 unspecified atom stereocenters. The van der Waals surface area contributed by atoms with Crippen LogP contribution in [0.4, 0.5) is 5.82 Å². The van der Waals surface area contributed by atoms with Gasteiger partial charge in [0.1, 0.15) is 5.82 Å². The predicted octanol–water partition coefficient (Wildman–Crippen LogP) is 1.21. The zero-order valence-electron chi connectivity index (χ0n) is 14.7. The quantitative estimate of drug-likeness (QED) is 0.898. The summed E-state index contributed by atoms with van der Waals surface area (Å²) >= 11 is 0. The lowest BCUT2D eigenvalue weighted by Gasteiger charge is -2.42. The number of hydrogen-bond donors (Lipinski definition) is 1. The monoisotopic (exact) mass is 332 g/mol. The van der Waals surface area contributed by atoms with Crippen molar-refractivity contribution in [3.63, 3.8) is 0 Å². The van der Waals surface area contributed by atoms with Gasteiger partial charge in [-0.2, -0.15) is 0 Å². The third kappa shape index (κ3) is 3.70. The Hall–Kier alpha value is -1.66. The number of carbonyl (C=O) groups is 1. The minimum atomic E-state index is -0.724. The molecule has 3 rings (SSSR count). The lowest BCUT2D eigenvalue weighted by Crippen LogP contribution is -2.54. The Labute approximate surface area is 144 Å². The summed E-state index contributed by atoms with van der Waals surface area (Å²) < 4.78 is 0. The van der Waals surface area contributed by atoms with E-state index in [2.05, 4.69) is 14.8 Å². The Kier molecular flexibility index (Phi) is 5.06. The zero-order valence-corrected chi connectivity index (χ0v) is 14.7. The highest BCUT2D eigenvalue weighted by atomic mass is 16.3. The van der Waals surface area contributed by atoms with Crippen LogP contribution in [0.1, 0.15) is 36.0 Å². The van der Waals surface area contributed by atoms with Crippen LogP contribution < -0.4 is 4.90 Å². The number of carbonyl (C=O) groups excluding carboxylic acids is 1. The third-order valence-electron chi connectivity index (χ3n) is 4.99. The summed E-state index contributed by atoms with van der Waals surface area (Å²) in [6, 6.07) is 3.61. The summed E-state index contributed by atoms with van der Waals surface area (Å²) in [4.78, 5) is 22.9. The molecule has 132 valence electrons. The molecule has 1 atom stereocenters. The molecule has 24 heavy (non-hydrogen) atoms. The van der Waals surface area contributed by atoms with Crippen LogP contribution in [0.25, 0.3) is 0 Å². The number of aliphatic hydroxyl groups is 1. The predicted molar refractivity (Wildman–Crippen MR) is 94.3 cm³/mol. The number of amides is 1. The molecule has 2 fully saturated rings. The molecule has 6 heteroatoms. The van der Waals surface area contributed by atoms with Crippen LogP contribution in [-0.2, 0) is 0 Å². The average molecular weight is 332 g/mol. The van der Waals surface area contributed by atoms with Gasteiger partial charge in [-0.25, -0.2) is 4.98 Å². The second-order valence-corrected chi connectivity index (χ2v) is 7.31. The van der Waals surface area contributed by atoms with Crippen molar-refractivity contribution >= 4 is 11.7 Å². The maximum absolute atomic E-state index is 12.4. The number of β-amino-alcohol motifs (C(OH)–C–C–N with tert-alkyl or cyclic N) is 1. The molecule has 2 aliphatic rings. The first kappa shape index (κ1) is 17.2. The molecule has 0 aliphatic carbocycles. The van der Waals surface area contributed by atoms with Crippen LogP contribution in [0.3, 0.4) is 0 Å². The Morgan fingerprint density at radius 2 is 2.04 bits per heavy atom. The van der Waals surface area contributed by atoms with E-state index in [1.54, 1.807) is 31.3 Å². The molecule has 0 radical (unpaired) electrons. The summed E-state index contributed by atoms with van der Waals surface area (Å²) in [5.74, 6) is 0.641. The highest BCUT2D eigenvalue weighted by Gasteiger charge is 2.37. The fourth-order valence-corrected chi connectivity index (χ4v) is 3.84. The van der Waals surface area contributed by atoms with Gasteiger partial charge in [-0.15, -0.1) is 0 Å². The minimum Gasteiger partial charge on any atom is -0.387 e. The molecule has 0 bridgehead atoms. The van der Waals surface area contributed by atoms with E-state index >= 15 is 0 Å². The van der Waals surface area contributed by atoms with E-state index in [4.69, 9.17) is 0 Å². The van der Waals surface area contributed by atoms with Gasteiger partial charge in [0.25, 0.3) is 5.91 Å². The maximum Gasteiger partial charge on any atom is 0.257 e. The van der Waals surface area contributed by atoms with Gasteiger partial charge >= 0.3 is 0 Å². The second kappa shape index (κ2) is 7.07. The normalized spacial score (nSPS) is 25.0. The summed E-state index contributed by atoms with van der Waals surface area (Å²) in [7, 11) is 3.50.